The minimum absolute atomic E-state index is 0.250. The van der Waals surface area contributed by atoms with Gasteiger partial charge in [0.25, 0.3) is 5.91 Å². The highest BCUT2D eigenvalue weighted by Gasteiger charge is 2.31. The van der Waals surface area contributed by atoms with Gasteiger partial charge in [-0.25, -0.2) is 0 Å². The third-order valence-electron chi connectivity index (χ3n) is 5.19. The SMILES string of the molecule is O=C(N[C@H]1CCCCC[C@H]1C(=O)O)c1ccn(C2CCCC2)n1. The molecule has 3 rings (SSSR count). The van der Waals surface area contributed by atoms with Crippen LogP contribution in [0.4, 0.5) is 0 Å². The molecule has 0 spiro atoms. The molecule has 1 heterocycles. The van der Waals surface area contributed by atoms with Crippen LogP contribution in [0.25, 0.3) is 0 Å². The Morgan fingerprint density at radius 2 is 1.78 bits per heavy atom. The van der Waals surface area contributed by atoms with Gasteiger partial charge in [-0.3, -0.25) is 14.3 Å². The van der Waals surface area contributed by atoms with E-state index < -0.39 is 11.9 Å². The highest BCUT2D eigenvalue weighted by molar-refractivity contribution is 5.92. The van der Waals surface area contributed by atoms with Crippen molar-refractivity contribution in [3.05, 3.63) is 18.0 Å². The largest absolute Gasteiger partial charge is 0.481 e. The lowest BCUT2D eigenvalue weighted by molar-refractivity contribution is -0.142. The van der Waals surface area contributed by atoms with Crippen LogP contribution >= 0.6 is 0 Å². The van der Waals surface area contributed by atoms with Gasteiger partial charge in [0.1, 0.15) is 5.69 Å². The van der Waals surface area contributed by atoms with Crippen molar-refractivity contribution in [2.45, 2.75) is 69.9 Å². The lowest BCUT2D eigenvalue weighted by Crippen LogP contribution is -2.43. The molecule has 1 aromatic heterocycles. The maximum Gasteiger partial charge on any atom is 0.308 e. The number of amides is 1. The topological polar surface area (TPSA) is 84.2 Å². The van der Waals surface area contributed by atoms with Crippen molar-refractivity contribution in [2.24, 2.45) is 5.92 Å². The fraction of sp³-hybridized carbons (Fsp3) is 0.706. The molecule has 1 amide bonds. The van der Waals surface area contributed by atoms with Crippen LogP contribution in [0, 0.1) is 5.92 Å². The number of carbonyl (C=O) groups excluding carboxylic acids is 1. The minimum Gasteiger partial charge on any atom is -0.481 e. The Hall–Kier alpha value is -1.85. The molecule has 6 nitrogen and oxygen atoms in total. The zero-order chi connectivity index (χ0) is 16.2. The molecule has 2 saturated carbocycles. The molecule has 2 aliphatic rings. The quantitative estimate of drug-likeness (QED) is 0.836. The van der Waals surface area contributed by atoms with Crippen LogP contribution in [0.15, 0.2) is 12.3 Å². The normalized spacial score (nSPS) is 25.9. The number of aliphatic carboxylic acids is 1. The van der Waals surface area contributed by atoms with E-state index in [4.69, 9.17) is 0 Å². The first-order valence-electron chi connectivity index (χ1n) is 8.74. The van der Waals surface area contributed by atoms with E-state index in [1.807, 2.05) is 10.9 Å². The maximum absolute atomic E-state index is 12.4. The molecule has 6 heteroatoms. The lowest BCUT2D eigenvalue weighted by atomic mass is 9.95. The van der Waals surface area contributed by atoms with Crippen molar-refractivity contribution in [3.8, 4) is 0 Å². The van der Waals surface area contributed by atoms with Crippen LogP contribution in [0.2, 0.25) is 0 Å². The fourth-order valence-corrected chi connectivity index (χ4v) is 3.85. The van der Waals surface area contributed by atoms with Crippen molar-refractivity contribution in [1.82, 2.24) is 15.1 Å². The Labute approximate surface area is 136 Å². The van der Waals surface area contributed by atoms with E-state index in [-0.39, 0.29) is 11.9 Å². The molecule has 0 aliphatic heterocycles. The summed E-state index contributed by atoms with van der Waals surface area (Å²) in [4.78, 5) is 23.9. The molecule has 0 bridgehead atoms. The second-order valence-corrected chi connectivity index (χ2v) is 6.78. The number of hydrogen-bond donors (Lipinski definition) is 2. The van der Waals surface area contributed by atoms with Crippen molar-refractivity contribution >= 4 is 11.9 Å². The summed E-state index contributed by atoms with van der Waals surface area (Å²) in [5.74, 6) is -1.55. The highest BCUT2D eigenvalue weighted by Crippen LogP contribution is 2.29. The van der Waals surface area contributed by atoms with Crippen LogP contribution < -0.4 is 5.32 Å². The molecular weight excluding hydrogens is 294 g/mol. The fourth-order valence-electron chi connectivity index (χ4n) is 3.85. The average Bonchev–Trinajstić information content (AvgIpc) is 3.15. The Morgan fingerprint density at radius 1 is 1.09 bits per heavy atom. The Balaban J connectivity index is 1.66. The number of carboxylic acids is 1. The van der Waals surface area contributed by atoms with E-state index in [1.165, 1.54) is 12.8 Å². The van der Waals surface area contributed by atoms with Gasteiger partial charge in [-0.1, -0.05) is 32.1 Å². The number of rotatable bonds is 4. The first-order chi connectivity index (χ1) is 11.1. The van der Waals surface area contributed by atoms with E-state index >= 15 is 0 Å². The molecule has 2 N–H and O–H groups in total. The van der Waals surface area contributed by atoms with E-state index in [0.29, 0.717) is 18.2 Å². The van der Waals surface area contributed by atoms with Gasteiger partial charge in [0.15, 0.2) is 0 Å². The molecule has 0 aromatic carbocycles. The van der Waals surface area contributed by atoms with Gasteiger partial charge in [-0.15, -0.1) is 0 Å². The lowest BCUT2D eigenvalue weighted by Gasteiger charge is -2.22. The van der Waals surface area contributed by atoms with Crippen molar-refractivity contribution in [1.29, 1.82) is 0 Å². The van der Waals surface area contributed by atoms with Crippen molar-refractivity contribution in [2.75, 3.05) is 0 Å². The number of hydrogen-bond acceptors (Lipinski definition) is 3. The number of aromatic nitrogens is 2. The summed E-state index contributed by atoms with van der Waals surface area (Å²) < 4.78 is 1.89. The zero-order valence-electron chi connectivity index (χ0n) is 13.4. The molecule has 1 aromatic rings. The summed E-state index contributed by atoms with van der Waals surface area (Å²) in [5, 5.41) is 16.7. The molecule has 0 radical (unpaired) electrons. The molecule has 0 unspecified atom stereocenters. The third kappa shape index (κ3) is 3.74. The summed E-state index contributed by atoms with van der Waals surface area (Å²) >= 11 is 0. The predicted molar refractivity (Wildman–Crippen MR) is 85.2 cm³/mol. The minimum atomic E-state index is -0.811. The number of nitrogens with one attached hydrogen (secondary N) is 1. The maximum atomic E-state index is 12.4. The van der Waals surface area contributed by atoms with Gasteiger partial charge in [0, 0.05) is 12.2 Å². The molecule has 23 heavy (non-hydrogen) atoms. The first-order valence-corrected chi connectivity index (χ1v) is 8.74. The molecule has 0 saturated heterocycles. The molecule has 2 fully saturated rings. The van der Waals surface area contributed by atoms with Gasteiger partial charge >= 0.3 is 5.97 Å². The van der Waals surface area contributed by atoms with E-state index in [2.05, 4.69) is 10.4 Å². The van der Waals surface area contributed by atoms with Crippen molar-refractivity contribution in [3.63, 3.8) is 0 Å². The zero-order valence-corrected chi connectivity index (χ0v) is 13.4. The number of carboxylic acid groups (broad SMARTS) is 1. The Morgan fingerprint density at radius 3 is 2.52 bits per heavy atom. The number of nitrogens with zero attached hydrogens (tertiary/aromatic N) is 2. The van der Waals surface area contributed by atoms with E-state index in [0.717, 1.165) is 38.5 Å². The summed E-state index contributed by atoms with van der Waals surface area (Å²) in [5.41, 5.74) is 0.394. The summed E-state index contributed by atoms with van der Waals surface area (Å²) in [7, 11) is 0. The van der Waals surface area contributed by atoms with Gasteiger partial charge < -0.3 is 10.4 Å². The van der Waals surface area contributed by atoms with E-state index in [1.54, 1.807) is 6.07 Å². The standard InChI is InChI=1S/C17H25N3O3/c21-16(15-10-11-20(19-15)12-6-4-5-7-12)18-14-9-3-1-2-8-13(14)17(22)23/h10-14H,1-9H2,(H,18,21)(H,22,23)/t13-,14+/m1/s1. The Kier molecular flexibility index (Phi) is 4.98. The second kappa shape index (κ2) is 7.15. The Bertz CT molecular complexity index is 563. The summed E-state index contributed by atoms with van der Waals surface area (Å²) in [6, 6.07) is 1.85. The summed E-state index contributed by atoms with van der Waals surface area (Å²) in [6.07, 6.45) is 10.8. The van der Waals surface area contributed by atoms with Gasteiger partial charge in [0.05, 0.1) is 12.0 Å². The van der Waals surface area contributed by atoms with Crippen LogP contribution in [-0.2, 0) is 4.79 Å². The average molecular weight is 319 g/mol. The van der Waals surface area contributed by atoms with Crippen LogP contribution in [0.3, 0.4) is 0 Å². The van der Waals surface area contributed by atoms with E-state index in [9.17, 15) is 14.7 Å². The molecule has 126 valence electrons. The second-order valence-electron chi connectivity index (χ2n) is 6.78. The van der Waals surface area contributed by atoms with Crippen LogP contribution in [0.5, 0.6) is 0 Å². The highest BCUT2D eigenvalue weighted by atomic mass is 16.4. The van der Waals surface area contributed by atoms with Crippen LogP contribution in [0.1, 0.15) is 74.3 Å². The predicted octanol–water partition coefficient (Wildman–Crippen LogP) is 2.76. The molecule has 2 atom stereocenters. The van der Waals surface area contributed by atoms with Gasteiger partial charge in [-0.05, 0) is 31.7 Å². The molecular formula is C17H25N3O3. The van der Waals surface area contributed by atoms with Crippen molar-refractivity contribution < 1.29 is 14.7 Å². The summed E-state index contributed by atoms with van der Waals surface area (Å²) in [6.45, 7) is 0. The van der Waals surface area contributed by atoms with Gasteiger partial charge in [0.2, 0.25) is 0 Å². The monoisotopic (exact) mass is 319 g/mol. The first kappa shape index (κ1) is 16.0. The molecule has 2 aliphatic carbocycles. The third-order valence-corrected chi connectivity index (χ3v) is 5.19. The smallest absolute Gasteiger partial charge is 0.308 e. The van der Waals surface area contributed by atoms with Crippen LogP contribution in [-0.4, -0.2) is 32.8 Å². The number of carbonyl (C=O) groups is 2. The van der Waals surface area contributed by atoms with Gasteiger partial charge in [-0.2, -0.15) is 5.10 Å².